The Morgan fingerprint density at radius 1 is 1.07 bits per heavy atom. The summed E-state index contributed by atoms with van der Waals surface area (Å²) in [5, 5.41) is 15.3. The van der Waals surface area contributed by atoms with Gasteiger partial charge in [0.2, 0.25) is 10.0 Å². The first-order valence-electron chi connectivity index (χ1n) is 8.52. The molecule has 0 aliphatic carbocycles. The van der Waals surface area contributed by atoms with Gasteiger partial charge in [0.1, 0.15) is 0 Å². The highest BCUT2D eigenvalue weighted by Gasteiger charge is 2.13. The van der Waals surface area contributed by atoms with E-state index in [4.69, 9.17) is 5.14 Å². The Morgan fingerprint density at radius 3 is 2.48 bits per heavy atom. The van der Waals surface area contributed by atoms with Crippen LogP contribution in [0.2, 0.25) is 0 Å². The summed E-state index contributed by atoms with van der Waals surface area (Å²) in [5.74, 6) is 0. The summed E-state index contributed by atoms with van der Waals surface area (Å²) in [6.45, 7) is 2.09. The van der Waals surface area contributed by atoms with Gasteiger partial charge in [0.15, 0.2) is 0 Å². The Bertz CT molecular complexity index is 1240. The topological polar surface area (TPSA) is 95.8 Å². The van der Waals surface area contributed by atoms with Gasteiger partial charge in [0, 0.05) is 18.0 Å². The van der Waals surface area contributed by atoms with Crippen molar-refractivity contribution in [2.45, 2.75) is 18.2 Å². The van der Waals surface area contributed by atoms with E-state index in [0.29, 0.717) is 0 Å². The van der Waals surface area contributed by atoms with Crippen molar-refractivity contribution < 1.29 is 8.42 Å². The molecule has 2 heterocycles. The van der Waals surface area contributed by atoms with Crippen LogP contribution in [0.25, 0.3) is 27.8 Å². The van der Waals surface area contributed by atoms with Gasteiger partial charge in [-0.05, 0) is 42.8 Å². The van der Waals surface area contributed by atoms with Crippen LogP contribution in [0.1, 0.15) is 12.6 Å². The van der Waals surface area contributed by atoms with Gasteiger partial charge in [0.05, 0.1) is 33.7 Å². The average molecular weight is 381 g/mol. The number of fused-ring (bicyclic) bond motifs is 1. The Hall–Kier alpha value is -2.97. The number of nitrogens with two attached hydrogens (primary N) is 1. The maximum absolute atomic E-state index is 11.4. The van der Waals surface area contributed by atoms with E-state index in [9.17, 15) is 8.42 Å². The van der Waals surface area contributed by atoms with Crippen LogP contribution in [-0.2, 0) is 23.5 Å². The van der Waals surface area contributed by atoms with Crippen LogP contribution in [0.5, 0.6) is 0 Å². The zero-order valence-electron chi connectivity index (χ0n) is 15.0. The van der Waals surface area contributed by atoms with E-state index in [1.165, 1.54) is 12.1 Å². The first kappa shape index (κ1) is 17.4. The van der Waals surface area contributed by atoms with Crippen molar-refractivity contribution in [3.8, 4) is 16.9 Å². The van der Waals surface area contributed by atoms with Gasteiger partial charge in [-0.3, -0.25) is 4.68 Å². The molecule has 0 unspecified atom stereocenters. The molecule has 2 aromatic heterocycles. The van der Waals surface area contributed by atoms with Crippen molar-refractivity contribution in [2.24, 2.45) is 12.2 Å². The van der Waals surface area contributed by atoms with Crippen molar-refractivity contribution in [1.29, 1.82) is 0 Å². The SMILES string of the molecule is CCc1nn(C)c2cc(-c3ccnn3-c3ccc(S(N)(=O)=O)cc3)ccc12. The van der Waals surface area contributed by atoms with Crippen molar-refractivity contribution >= 4 is 20.9 Å². The van der Waals surface area contributed by atoms with Crippen molar-refractivity contribution in [1.82, 2.24) is 19.6 Å². The van der Waals surface area contributed by atoms with Crippen LogP contribution in [0, 0.1) is 0 Å². The van der Waals surface area contributed by atoms with Gasteiger partial charge >= 0.3 is 0 Å². The lowest BCUT2D eigenvalue weighted by Gasteiger charge is -2.09. The summed E-state index contributed by atoms with van der Waals surface area (Å²) in [4.78, 5) is 0.0726. The Morgan fingerprint density at radius 2 is 1.81 bits per heavy atom. The fraction of sp³-hybridized carbons (Fsp3) is 0.158. The second kappa shape index (κ2) is 6.33. The zero-order valence-corrected chi connectivity index (χ0v) is 15.8. The van der Waals surface area contributed by atoms with Crippen LogP contribution < -0.4 is 5.14 Å². The number of sulfonamides is 1. The van der Waals surface area contributed by atoms with Crippen LogP contribution in [0.4, 0.5) is 0 Å². The second-order valence-electron chi connectivity index (χ2n) is 6.32. The van der Waals surface area contributed by atoms with E-state index >= 15 is 0 Å². The van der Waals surface area contributed by atoms with E-state index < -0.39 is 10.0 Å². The highest BCUT2D eigenvalue weighted by Crippen LogP contribution is 2.28. The number of aryl methyl sites for hydroxylation is 2. The van der Waals surface area contributed by atoms with Gasteiger partial charge in [-0.1, -0.05) is 19.1 Å². The fourth-order valence-electron chi connectivity index (χ4n) is 3.26. The number of benzene rings is 2. The Labute approximate surface area is 157 Å². The summed E-state index contributed by atoms with van der Waals surface area (Å²) in [7, 11) is -1.78. The van der Waals surface area contributed by atoms with Crippen LogP contribution in [-0.4, -0.2) is 28.0 Å². The minimum absolute atomic E-state index is 0.0726. The third kappa shape index (κ3) is 3.02. The highest BCUT2D eigenvalue weighted by atomic mass is 32.2. The van der Waals surface area contributed by atoms with E-state index in [1.54, 1.807) is 23.0 Å². The molecule has 2 aromatic carbocycles. The van der Waals surface area contributed by atoms with Gasteiger partial charge in [0.25, 0.3) is 0 Å². The number of hydrogen-bond acceptors (Lipinski definition) is 4. The first-order valence-corrected chi connectivity index (χ1v) is 10.1. The van der Waals surface area contributed by atoms with Crippen molar-refractivity contribution in [3.05, 3.63) is 60.4 Å². The molecule has 2 N–H and O–H groups in total. The molecule has 0 atom stereocenters. The monoisotopic (exact) mass is 381 g/mol. The summed E-state index contributed by atoms with van der Waals surface area (Å²) in [6.07, 6.45) is 2.60. The van der Waals surface area contributed by atoms with Crippen molar-refractivity contribution in [3.63, 3.8) is 0 Å². The molecule has 0 radical (unpaired) electrons. The number of hydrogen-bond donors (Lipinski definition) is 1. The number of aromatic nitrogens is 4. The number of rotatable bonds is 4. The summed E-state index contributed by atoms with van der Waals surface area (Å²) < 4.78 is 26.6. The number of primary sulfonamides is 1. The summed E-state index contributed by atoms with van der Waals surface area (Å²) in [5.41, 5.74) is 4.79. The molecule has 8 heteroatoms. The Kier molecular flexibility index (Phi) is 4.09. The molecule has 4 aromatic rings. The quantitative estimate of drug-likeness (QED) is 0.588. The molecule has 0 fully saturated rings. The lowest BCUT2D eigenvalue weighted by atomic mass is 10.1. The molecule has 0 saturated carbocycles. The lowest BCUT2D eigenvalue weighted by molar-refractivity contribution is 0.598. The van der Waals surface area contributed by atoms with Crippen molar-refractivity contribution in [2.75, 3.05) is 0 Å². The standard InChI is InChI=1S/C19H19N5O2S/c1-3-17-16-9-4-13(12-19(16)23(2)22-17)18-10-11-21-24(18)14-5-7-15(8-6-14)27(20,25)26/h4-12H,3H2,1-2H3,(H2,20,25,26). The van der Waals surface area contributed by atoms with E-state index in [1.807, 2.05) is 17.8 Å². The highest BCUT2D eigenvalue weighted by molar-refractivity contribution is 7.89. The smallest absolute Gasteiger partial charge is 0.238 e. The van der Waals surface area contributed by atoms with Gasteiger partial charge in [-0.2, -0.15) is 10.2 Å². The maximum Gasteiger partial charge on any atom is 0.238 e. The molecule has 0 aliphatic rings. The van der Waals surface area contributed by atoms with E-state index in [2.05, 4.69) is 35.3 Å². The molecule has 4 rings (SSSR count). The normalized spacial score (nSPS) is 12.0. The minimum atomic E-state index is -3.72. The minimum Gasteiger partial charge on any atom is -0.268 e. The zero-order chi connectivity index (χ0) is 19.2. The lowest BCUT2D eigenvalue weighted by Crippen LogP contribution is -2.12. The van der Waals surface area contributed by atoms with Gasteiger partial charge in [-0.25, -0.2) is 18.2 Å². The maximum atomic E-state index is 11.4. The van der Waals surface area contributed by atoms with E-state index in [-0.39, 0.29) is 4.90 Å². The molecule has 27 heavy (non-hydrogen) atoms. The number of nitrogens with zero attached hydrogens (tertiary/aromatic N) is 4. The van der Waals surface area contributed by atoms with Gasteiger partial charge in [-0.15, -0.1) is 0 Å². The van der Waals surface area contributed by atoms with E-state index in [0.717, 1.165) is 40.0 Å². The average Bonchev–Trinajstić information content (AvgIpc) is 3.26. The molecule has 138 valence electrons. The van der Waals surface area contributed by atoms with Crippen LogP contribution in [0.3, 0.4) is 0 Å². The van der Waals surface area contributed by atoms with Gasteiger partial charge < -0.3 is 0 Å². The largest absolute Gasteiger partial charge is 0.268 e. The third-order valence-corrected chi connectivity index (χ3v) is 5.54. The summed E-state index contributed by atoms with van der Waals surface area (Å²) in [6, 6.07) is 14.5. The van der Waals surface area contributed by atoms with Crippen LogP contribution in [0.15, 0.2) is 59.6 Å². The predicted molar refractivity (Wildman–Crippen MR) is 104 cm³/mol. The molecule has 0 spiro atoms. The molecular formula is C19H19N5O2S. The summed E-state index contributed by atoms with van der Waals surface area (Å²) >= 11 is 0. The molecule has 0 amide bonds. The first-order chi connectivity index (χ1) is 12.9. The third-order valence-electron chi connectivity index (χ3n) is 4.61. The molecule has 0 aliphatic heterocycles. The fourth-order valence-corrected chi connectivity index (χ4v) is 3.77. The molecule has 0 bridgehead atoms. The Balaban J connectivity index is 1.80. The molecule has 0 saturated heterocycles. The molecular weight excluding hydrogens is 362 g/mol. The van der Waals surface area contributed by atoms with Crippen LogP contribution >= 0.6 is 0 Å². The molecule has 7 nitrogen and oxygen atoms in total. The predicted octanol–water partition coefficient (Wildman–Crippen LogP) is 2.64. The second-order valence-corrected chi connectivity index (χ2v) is 7.88.